The monoisotopic (exact) mass is 1960 g/mol. The van der Waals surface area contributed by atoms with Gasteiger partial charge in [-0.15, -0.1) is 0 Å². The Kier molecular flexibility index (Phi) is 70.1. The third-order valence-electron chi connectivity index (χ3n) is 28.2. The van der Waals surface area contributed by atoms with Crippen molar-refractivity contribution in [1.82, 2.24) is 15.1 Å². The lowest BCUT2D eigenvalue weighted by Crippen LogP contribution is -2.50. The molecule has 2 saturated heterocycles. The highest BCUT2D eigenvalue weighted by Gasteiger charge is 2.53. The maximum absolute atomic E-state index is 12.7. The second-order valence-electron chi connectivity index (χ2n) is 37.3. The molecule has 6 aliphatic rings. The third-order valence-corrected chi connectivity index (χ3v) is 28.2. The number of aliphatic imine (C=N–C) groups is 4. The number of ether oxygens (including phenoxy) is 1. The number of aliphatic carboxylic acids is 6. The number of carbonyl (C=O) groups excluding carboxylic acids is 3. The number of carboxylic acids is 6. The highest BCUT2D eigenvalue weighted by molar-refractivity contribution is 5.81. The summed E-state index contributed by atoms with van der Waals surface area (Å²) in [5.41, 5.74) is 49.9. The van der Waals surface area contributed by atoms with Gasteiger partial charge in [-0.3, -0.25) is 28.8 Å². The number of carboxylic acid groups (broad SMARTS) is 6. The zero-order valence-corrected chi connectivity index (χ0v) is 85.6. The molecule has 26 atom stereocenters. The molecule has 42 heteroatoms. The first-order valence-corrected chi connectivity index (χ1v) is 48.7. The number of likely N-dealkylation sites (tertiary alicyclic amines) is 1. The number of nitrogens with one attached hydrogen (secondary N) is 1. The Bertz CT molecular complexity index is 3810. The molecule has 0 bridgehead atoms. The van der Waals surface area contributed by atoms with E-state index in [1.165, 1.54) is 24.7 Å². The summed E-state index contributed by atoms with van der Waals surface area (Å²) in [6.45, 7) is 39.3. The number of nitrogens with zero attached hydrogens (tertiary/aromatic N) is 10. The molecule has 0 aromatic rings. The van der Waals surface area contributed by atoms with Crippen LogP contribution in [0.3, 0.4) is 0 Å². The predicted octanol–water partition coefficient (Wildman–Crippen LogP) is 9.43. The largest absolute Gasteiger partial charge is 0.481 e. The van der Waals surface area contributed by atoms with Crippen molar-refractivity contribution < 1.29 is 109 Å². The van der Waals surface area contributed by atoms with E-state index >= 15 is 0 Å². The highest BCUT2D eigenvalue weighted by atomic mass is 16.5. The van der Waals surface area contributed by atoms with Crippen molar-refractivity contribution in [2.24, 2.45) is 184 Å². The number of allylic oxidation sites excluding steroid dienone is 1. The Labute approximate surface area is 818 Å². The number of guanidine groups is 4. The molecule has 4 saturated carbocycles. The zero-order chi connectivity index (χ0) is 107. The number of aliphatic hydroxyl groups excluding tert-OH is 6. The maximum Gasteiger partial charge on any atom is 0.320 e. The third kappa shape index (κ3) is 46.3. The van der Waals surface area contributed by atoms with E-state index in [1.54, 1.807) is 18.9 Å². The van der Waals surface area contributed by atoms with Gasteiger partial charge in [0, 0.05) is 75.0 Å². The van der Waals surface area contributed by atoms with E-state index in [0.717, 1.165) is 102 Å². The van der Waals surface area contributed by atoms with E-state index in [0.29, 0.717) is 106 Å². The van der Waals surface area contributed by atoms with Gasteiger partial charge < -0.3 is 142 Å². The van der Waals surface area contributed by atoms with Crippen molar-refractivity contribution in [3.63, 3.8) is 0 Å². The number of aliphatic hydroxyl groups is 6. The number of carbonyl (C=O) groups is 9. The number of hydrogen-bond donors (Lipinski definition) is 22. The molecular formula is C96H176N20O22. The molecule has 792 valence electrons. The van der Waals surface area contributed by atoms with E-state index in [1.807, 2.05) is 39.8 Å². The fourth-order valence-corrected chi connectivity index (χ4v) is 21.6. The molecule has 4 aliphatic carbocycles. The minimum absolute atomic E-state index is 0.00648. The summed E-state index contributed by atoms with van der Waals surface area (Å²) in [7, 11) is 1.67. The first kappa shape index (κ1) is 133. The Balaban J connectivity index is -0.000000762. The number of rotatable bonds is 43. The fraction of sp³-hybridized carbons (Fsp3) is 0.802. The number of urea groups is 1. The van der Waals surface area contributed by atoms with E-state index in [9.17, 15) is 84.0 Å². The van der Waals surface area contributed by atoms with Gasteiger partial charge in [-0.25, -0.2) is 24.8 Å². The fourth-order valence-electron chi connectivity index (χ4n) is 21.6. The van der Waals surface area contributed by atoms with Crippen LogP contribution in [0.2, 0.25) is 0 Å². The molecule has 2 amide bonds. The first-order chi connectivity index (χ1) is 64.8. The van der Waals surface area contributed by atoms with Gasteiger partial charge in [-0.2, -0.15) is 21.0 Å². The van der Waals surface area contributed by atoms with Crippen molar-refractivity contribution in [1.29, 1.82) is 21.0 Å². The van der Waals surface area contributed by atoms with Crippen LogP contribution in [0.1, 0.15) is 286 Å². The summed E-state index contributed by atoms with van der Waals surface area (Å²) in [5, 5.41) is 135. The summed E-state index contributed by atoms with van der Waals surface area (Å²) < 4.78 is 5.62. The molecule has 24 unspecified atom stereocenters. The van der Waals surface area contributed by atoms with E-state index in [-0.39, 0.29) is 150 Å². The predicted molar refractivity (Wildman–Crippen MR) is 526 cm³/mol. The van der Waals surface area contributed by atoms with Crippen LogP contribution >= 0.6 is 0 Å². The van der Waals surface area contributed by atoms with Crippen LogP contribution in [0.4, 0.5) is 4.79 Å². The van der Waals surface area contributed by atoms with Gasteiger partial charge in [0.05, 0.1) is 72.1 Å². The molecule has 0 aromatic carbocycles. The van der Waals surface area contributed by atoms with Gasteiger partial charge in [0.15, 0.2) is 23.8 Å². The van der Waals surface area contributed by atoms with Crippen LogP contribution in [0.15, 0.2) is 32.1 Å². The lowest BCUT2D eigenvalue weighted by molar-refractivity contribution is -0.146. The molecule has 2 heterocycles. The van der Waals surface area contributed by atoms with Gasteiger partial charge >= 0.3 is 41.8 Å². The van der Waals surface area contributed by atoms with Gasteiger partial charge in [0.1, 0.15) is 17.6 Å². The number of Topliss-reactive ketones (excluding diaryl/α,β-unsaturated/α-hetero) is 2. The Morgan fingerprint density at radius 3 is 1.11 bits per heavy atom. The topological polar surface area (TPSA) is 803 Å². The minimum Gasteiger partial charge on any atom is -0.481 e. The van der Waals surface area contributed by atoms with Crippen molar-refractivity contribution in [3.8, 4) is 25.0 Å². The standard InChI is InChI=1S/C17H29NO4.C16H31N3O3.C16H31N3O2.C15H27N3O4.C14H27N3O3.C14H27N3O2.4CHNO/c1-5-7-12-10-14(17(20)21)18-16(12)13(9-11(3)19)15(22-4)8-6-2;1-4-6-10(7-5-2)9(3)13-12(19-16(17)18)8-11(14(13)20)15(21)22;1-4-6-11(7-5-2)10(3)13-8-12(15(20)21)9-14(13)19-16(17)18;1-5-17(9(2)3)15(22)18-8-11(14(20)21)13(16)12(18)7-6-10(4)19;1-4-8(5-2)7(3)11-10(17-14(15)16)6-9(12(11)18)13(19)20;1-4-9(5-2)8(3)11-6-10(13(18)19)7-12(11)17-14(15)16;4*2-1-3/h5,7,12-16,18H,6,8-10H2,1-4H3,(H,20,21);9-14,20H,4-8H2,1-3H3,(H,21,22)(H4,17,18,19);10-14H,4-9H2,1-3H3,(H,20,21)(H4,17,18,19);9,11-13H,5-8,16H2,1-4H3,(H,20,21);7-12,18H,4-6H2,1-3H3,(H,19,20)(H4,15,16,17);8-12H,4-7H2,1-3H3,(H,18,19)(H4,15,16,17);4*3H/b7-5-;;;;;;;;;/t12?,13?,14?,15-,16?;;;11?,12-,13?;;;;;;/m0..0....../s1. The van der Waals surface area contributed by atoms with Crippen molar-refractivity contribution in [2.45, 2.75) is 358 Å². The van der Waals surface area contributed by atoms with Crippen molar-refractivity contribution in [2.75, 3.05) is 20.2 Å². The average molecular weight is 1960 g/mol. The zero-order valence-electron chi connectivity index (χ0n) is 85.6. The lowest BCUT2D eigenvalue weighted by atomic mass is 9.75. The van der Waals surface area contributed by atoms with Crippen molar-refractivity contribution in [3.05, 3.63) is 12.2 Å². The molecule has 2 aliphatic heterocycles. The lowest BCUT2D eigenvalue weighted by Gasteiger charge is -2.34. The number of nitrogens with two attached hydrogens (primary N) is 9. The van der Waals surface area contributed by atoms with Crippen LogP contribution in [-0.2, 0) is 43.1 Å². The van der Waals surface area contributed by atoms with Crippen LogP contribution in [-0.4, -0.2) is 241 Å². The minimum atomic E-state index is -0.997. The van der Waals surface area contributed by atoms with Crippen LogP contribution < -0.4 is 56.9 Å². The van der Waals surface area contributed by atoms with Gasteiger partial charge in [-0.1, -0.05) is 186 Å². The van der Waals surface area contributed by atoms with Crippen LogP contribution in [0.25, 0.3) is 0 Å². The van der Waals surface area contributed by atoms with Crippen LogP contribution in [0, 0.1) is 159 Å². The van der Waals surface area contributed by atoms with Gasteiger partial charge in [0.2, 0.25) is 0 Å². The smallest absolute Gasteiger partial charge is 0.320 e. The number of nitriles is 4. The summed E-state index contributed by atoms with van der Waals surface area (Å²) in [6.07, 6.45) is 25.0. The van der Waals surface area contributed by atoms with E-state index < -0.39 is 83.9 Å². The number of amides is 2. The quantitative estimate of drug-likeness (QED) is 0.0117. The van der Waals surface area contributed by atoms with Gasteiger partial charge in [-0.05, 0) is 164 Å². The van der Waals surface area contributed by atoms with Gasteiger partial charge in [0.25, 0.3) is 25.0 Å². The molecule has 31 N–H and O–H groups in total. The molecule has 6 fully saturated rings. The molecule has 0 radical (unpaired) electrons. The molecule has 0 aromatic heterocycles. The Morgan fingerprint density at radius 2 is 0.819 bits per heavy atom. The molecular weight excluding hydrogens is 1790 g/mol. The highest BCUT2D eigenvalue weighted by Crippen LogP contribution is 2.48. The summed E-state index contributed by atoms with van der Waals surface area (Å²) in [6, 6.07) is -2.55. The molecule has 6 rings (SSSR count). The molecule has 0 spiro atoms. The Hall–Kier alpha value is -10.8. The second kappa shape index (κ2) is 72.5. The Morgan fingerprint density at radius 1 is 0.478 bits per heavy atom. The van der Waals surface area contributed by atoms with Crippen molar-refractivity contribution >= 4 is 77.3 Å². The number of hydrogen-bond acceptors (Lipinski definition) is 26. The average Bonchev–Trinajstić information content (AvgIpc) is 1.63. The maximum atomic E-state index is 12.7. The molecule has 42 nitrogen and oxygen atoms in total. The summed E-state index contributed by atoms with van der Waals surface area (Å²) >= 11 is 0. The summed E-state index contributed by atoms with van der Waals surface area (Å²) in [4.78, 5) is 124. The number of ketones is 2. The van der Waals surface area contributed by atoms with Crippen LogP contribution in [0.5, 0.6) is 0 Å². The first-order valence-electron chi connectivity index (χ1n) is 48.7. The second-order valence-corrected chi connectivity index (χ2v) is 37.3. The van der Waals surface area contributed by atoms with E-state index in [2.05, 4.69) is 115 Å². The molecule has 138 heavy (non-hydrogen) atoms. The summed E-state index contributed by atoms with van der Waals surface area (Å²) in [5.74, 6) is -4.38. The van der Waals surface area contributed by atoms with E-state index in [4.69, 9.17) is 97.8 Å². The normalized spacial score (nSPS) is 25.8. The number of methoxy groups -OCH3 is 1. The SMILES string of the molecule is C/C=C\C1CC(C(=O)O)NC1C(CC(C)=O)[C@H](CCC)OC.CCC(CC)C(C)C1C(N=C(N)N)CC(C(=O)O)C1O.CCC(CC)C(C)C1CC(C(=O)O)CC1N=C(N)N.CCCC(CCC)C(C)C1C(N=C(N)N)CC(C(=O)O)C1O.CCCC(CCC)C(C)C1CC(C(=O)O)CC1N=C(N)N.CCN(C(=O)N1CC(C(=O)O)C(N)[C@@H]1CCC(C)=O)C(C)C.N#CO.N#CO.N#CO.N#CO.